The number of carbonyl (C=O) groups excluding carboxylic acids is 1. The van der Waals surface area contributed by atoms with Crippen LogP contribution in [-0.2, 0) is 6.42 Å². The van der Waals surface area contributed by atoms with Gasteiger partial charge in [-0.05, 0) is 23.6 Å². The minimum absolute atomic E-state index is 0.0723. The van der Waals surface area contributed by atoms with Gasteiger partial charge in [-0.25, -0.2) is 0 Å². The Morgan fingerprint density at radius 3 is 2.67 bits per heavy atom. The van der Waals surface area contributed by atoms with Crippen LogP contribution in [0.5, 0.6) is 0 Å². The van der Waals surface area contributed by atoms with Crippen molar-refractivity contribution < 1.29 is 4.79 Å². The van der Waals surface area contributed by atoms with Gasteiger partial charge >= 0.3 is 0 Å². The molecule has 1 nitrogen and oxygen atoms in total. The lowest BCUT2D eigenvalue weighted by atomic mass is 10.1. The molecule has 0 aliphatic carbocycles. The molecular formula is C12H9ClOS. The second-order valence-electron chi connectivity index (χ2n) is 3.16. The second kappa shape index (κ2) is 4.60. The molecule has 0 amide bonds. The van der Waals surface area contributed by atoms with Crippen molar-refractivity contribution in [1.82, 2.24) is 0 Å². The van der Waals surface area contributed by atoms with Gasteiger partial charge in [-0.2, -0.15) is 0 Å². The molecule has 15 heavy (non-hydrogen) atoms. The molecule has 0 N–H and O–H groups in total. The van der Waals surface area contributed by atoms with Gasteiger partial charge in [-0.3, -0.25) is 4.79 Å². The number of ketones is 1. The van der Waals surface area contributed by atoms with E-state index < -0.39 is 0 Å². The quantitative estimate of drug-likeness (QED) is 0.741. The maximum Gasteiger partial charge on any atom is 0.169 e. The molecule has 2 aromatic rings. The van der Waals surface area contributed by atoms with Crippen molar-refractivity contribution in [2.75, 3.05) is 0 Å². The molecule has 0 unspecified atom stereocenters. The van der Waals surface area contributed by atoms with Gasteiger partial charge in [0.05, 0.1) is 5.02 Å². The van der Waals surface area contributed by atoms with Gasteiger partial charge < -0.3 is 0 Å². The summed E-state index contributed by atoms with van der Waals surface area (Å²) in [6, 6.07) is 11.1. The van der Waals surface area contributed by atoms with Crippen molar-refractivity contribution in [2.45, 2.75) is 6.42 Å². The highest BCUT2D eigenvalue weighted by Crippen LogP contribution is 2.18. The van der Waals surface area contributed by atoms with E-state index in [2.05, 4.69) is 0 Å². The van der Waals surface area contributed by atoms with E-state index in [4.69, 9.17) is 11.6 Å². The predicted octanol–water partition coefficient (Wildman–Crippen LogP) is 3.83. The fourth-order valence-corrected chi connectivity index (χ4v) is 2.30. The van der Waals surface area contributed by atoms with Crippen molar-refractivity contribution in [2.24, 2.45) is 0 Å². The molecular weight excluding hydrogens is 228 g/mol. The third kappa shape index (κ3) is 2.46. The average Bonchev–Trinajstić information content (AvgIpc) is 2.71. The summed E-state index contributed by atoms with van der Waals surface area (Å²) in [6.45, 7) is 0. The number of rotatable bonds is 3. The summed E-state index contributed by atoms with van der Waals surface area (Å²) in [5.74, 6) is 0.0723. The number of carbonyl (C=O) groups is 1. The van der Waals surface area contributed by atoms with Crippen LogP contribution in [0.2, 0.25) is 5.02 Å². The van der Waals surface area contributed by atoms with Gasteiger partial charge in [-0.15, -0.1) is 11.3 Å². The molecule has 1 aromatic heterocycles. The fourth-order valence-electron chi connectivity index (χ4n) is 1.35. The predicted molar refractivity (Wildman–Crippen MR) is 63.8 cm³/mol. The standard InChI is InChI=1S/C12H9ClOS/c13-11-6-2-1-5-10(11)12(14)8-9-4-3-7-15-9/h1-7H,8H2. The van der Waals surface area contributed by atoms with Crippen LogP contribution < -0.4 is 0 Å². The van der Waals surface area contributed by atoms with Crippen molar-refractivity contribution in [3.05, 3.63) is 57.2 Å². The molecule has 3 heteroatoms. The molecule has 0 saturated carbocycles. The third-order valence-corrected chi connectivity index (χ3v) is 3.30. The largest absolute Gasteiger partial charge is 0.294 e. The molecule has 1 aromatic carbocycles. The normalized spacial score (nSPS) is 10.2. The molecule has 0 aliphatic rings. The highest BCUT2D eigenvalue weighted by molar-refractivity contribution is 7.10. The first-order chi connectivity index (χ1) is 7.27. The maximum atomic E-state index is 11.9. The first-order valence-corrected chi connectivity index (χ1v) is 5.83. The van der Waals surface area contributed by atoms with Crippen LogP contribution in [0.1, 0.15) is 15.2 Å². The van der Waals surface area contributed by atoms with Crippen LogP contribution >= 0.6 is 22.9 Å². The van der Waals surface area contributed by atoms with Crippen LogP contribution in [0.4, 0.5) is 0 Å². The second-order valence-corrected chi connectivity index (χ2v) is 4.60. The summed E-state index contributed by atoms with van der Waals surface area (Å²) < 4.78 is 0. The van der Waals surface area contributed by atoms with E-state index in [1.54, 1.807) is 23.5 Å². The van der Waals surface area contributed by atoms with Crippen LogP contribution in [0.15, 0.2) is 41.8 Å². The van der Waals surface area contributed by atoms with Crippen LogP contribution in [-0.4, -0.2) is 5.78 Å². The lowest BCUT2D eigenvalue weighted by Crippen LogP contribution is -2.02. The summed E-state index contributed by atoms with van der Waals surface area (Å²) in [5.41, 5.74) is 0.604. The summed E-state index contributed by atoms with van der Waals surface area (Å²) >= 11 is 7.53. The average molecular weight is 237 g/mol. The Balaban J connectivity index is 2.19. The summed E-state index contributed by atoms with van der Waals surface area (Å²) in [4.78, 5) is 12.9. The molecule has 0 atom stereocenters. The van der Waals surface area contributed by atoms with Gasteiger partial charge in [-0.1, -0.05) is 29.8 Å². The van der Waals surface area contributed by atoms with Crippen molar-refractivity contribution in [1.29, 1.82) is 0 Å². The highest BCUT2D eigenvalue weighted by Gasteiger charge is 2.10. The first-order valence-electron chi connectivity index (χ1n) is 4.57. The van der Waals surface area contributed by atoms with E-state index in [1.807, 2.05) is 29.6 Å². The summed E-state index contributed by atoms with van der Waals surface area (Å²) in [7, 11) is 0. The van der Waals surface area contributed by atoms with Gasteiger partial charge in [0, 0.05) is 16.9 Å². The Kier molecular flexibility index (Phi) is 3.19. The van der Waals surface area contributed by atoms with Crippen LogP contribution in [0.25, 0.3) is 0 Å². The Bertz CT molecular complexity index is 462. The van der Waals surface area contributed by atoms with E-state index in [0.717, 1.165) is 4.88 Å². The fraction of sp³-hybridized carbons (Fsp3) is 0.0833. The van der Waals surface area contributed by atoms with E-state index in [0.29, 0.717) is 17.0 Å². The molecule has 76 valence electrons. The molecule has 0 bridgehead atoms. The minimum Gasteiger partial charge on any atom is -0.294 e. The van der Waals surface area contributed by atoms with E-state index in [-0.39, 0.29) is 5.78 Å². The lowest BCUT2D eigenvalue weighted by molar-refractivity contribution is 0.0994. The summed E-state index contributed by atoms with van der Waals surface area (Å²) in [6.07, 6.45) is 0.432. The molecule has 2 rings (SSSR count). The Morgan fingerprint density at radius 2 is 2.00 bits per heavy atom. The Labute approximate surface area is 97.3 Å². The smallest absolute Gasteiger partial charge is 0.169 e. The molecule has 0 aliphatic heterocycles. The van der Waals surface area contributed by atoms with E-state index >= 15 is 0 Å². The van der Waals surface area contributed by atoms with Crippen molar-refractivity contribution >= 4 is 28.7 Å². The van der Waals surface area contributed by atoms with Gasteiger partial charge in [0.2, 0.25) is 0 Å². The van der Waals surface area contributed by atoms with E-state index in [9.17, 15) is 4.79 Å². The number of hydrogen-bond donors (Lipinski definition) is 0. The zero-order chi connectivity index (χ0) is 10.7. The van der Waals surface area contributed by atoms with Crippen molar-refractivity contribution in [3.63, 3.8) is 0 Å². The first kappa shape index (κ1) is 10.4. The van der Waals surface area contributed by atoms with E-state index in [1.165, 1.54) is 0 Å². The van der Waals surface area contributed by atoms with Gasteiger partial charge in [0.15, 0.2) is 5.78 Å². The van der Waals surface area contributed by atoms with Crippen molar-refractivity contribution in [3.8, 4) is 0 Å². The van der Waals surface area contributed by atoms with Crippen LogP contribution in [0.3, 0.4) is 0 Å². The molecule has 0 fully saturated rings. The molecule has 0 radical (unpaired) electrons. The Morgan fingerprint density at radius 1 is 1.20 bits per heavy atom. The van der Waals surface area contributed by atoms with Gasteiger partial charge in [0.25, 0.3) is 0 Å². The van der Waals surface area contributed by atoms with Gasteiger partial charge in [0.1, 0.15) is 0 Å². The maximum absolute atomic E-state index is 11.9. The molecule has 1 heterocycles. The van der Waals surface area contributed by atoms with Crippen LogP contribution in [0, 0.1) is 0 Å². The highest BCUT2D eigenvalue weighted by atomic mass is 35.5. The zero-order valence-corrected chi connectivity index (χ0v) is 9.52. The molecule has 0 saturated heterocycles. The zero-order valence-electron chi connectivity index (χ0n) is 7.94. The SMILES string of the molecule is O=C(Cc1cccs1)c1ccccc1Cl. The molecule has 0 spiro atoms. The number of hydrogen-bond acceptors (Lipinski definition) is 2. The monoisotopic (exact) mass is 236 g/mol. The Hall–Kier alpha value is -1.12. The number of thiophene rings is 1. The number of benzene rings is 1. The minimum atomic E-state index is 0.0723. The lowest BCUT2D eigenvalue weighted by Gasteiger charge is -2.01. The topological polar surface area (TPSA) is 17.1 Å². The number of halogens is 1. The summed E-state index contributed by atoms with van der Waals surface area (Å²) in [5, 5.41) is 2.49. The third-order valence-electron chi connectivity index (χ3n) is 2.09. The number of Topliss-reactive ketones (excluding diaryl/α,β-unsaturated/α-hetero) is 1.